The summed E-state index contributed by atoms with van der Waals surface area (Å²) in [5, 5.41) is 2.60. The lowest BCUT2D eigenvalue weighted by Crippen LogP contribution is -2.51. The Labute approximate surface area is 117 Å². The summed E-state index contributed by atoms with van der Waals surface area (Å²) in [6.45, 7) is 0.569. The quantitative estimate of drug-likeness (QED) is 0.835. The highest BCUT2D eigenvalue weighted by molar-refractivity contribution is 5.97. The third kappa shape index (κ3) is 2.74. The second-order valence-electron chi connectivity index (χ2n) is 4.99. The van der Waals surface area contributed by atoms with E-state index in [4.69, 9.17) is 0 Å². The van der Waals surface area contributed by atoms with Crippen molar-refractivity contribution in [1.82, 2.24) is 14.8 Å². The zero-order chi connectivity index (χ0) is 14.7. The van der Waals surface area contributed by atoms with Gasteiger partial charge in [-0.05, 0) is 25.3 Å². The first-order valence-electron chi connectivity index (χ1n) is 6.74. The number of amides is 2. The molecule has 2 rings (SSSR count). The summed E-state index contributed by atoms with van der Waals surface area (Å²) >= 11 is 0. The number of hydrogen-bond acceptors (Lipinski definition) is 3. The molecule has 0 radical (unpaired) electrons. The van der Waals surface area contributed by atoms with Gasteiger partial charge in [0.05, 0.1) is 5.56 Å². The van der Waals surface area contributed by atoms with E-state index < -0.39 is 6.04 Å². The molecule has 0 spiro atoms. The average molecular weight is 277 g/mol. The summed E-state index contributed by atoms with van der Waals surface area (Å²) in [7, 11) is 3.18. The second kappa shape index (κ2) is 5.90. The van der Waals surface area contributed by atoms with Crippen molar-refractivity contribution in [2.45, 2.75) is 25.3 Å². The maximum Gasteiger partial charge on any atom is 0.256 e. The number of nitrogens with one attached hydrogen (secondary N) is 1. The summed E-state index contributed by atoms with van der Waals surface area (Å²) in [6, 6.07) is 2.46. The molecule has 1 aliphatic heterocycles. The Morgan fingerprint density at radius 2 is 2.05 bits per heavy atom. The highest BCUT2D eigenvalue weighted by atomic mass is 16.2. The normalized spacial score (nSPS) is 18.7. The van der Waals surface area contributed by atoms with Gasteiger partial charge < -0.3 is 14.8 Å². The molecule has 2 amide bonds. The van der Waals surface area contributed by atoms with E-state index in [0.717, 1.165) is 12.8 Å². The topological polar surface area (TPSA) is 71.4 Å². The molecule has 1 fully saturated rings. The first-order valence-corrected chi connectivity index (χ1v) is 6.74. The van der Waals surface area contributed by atoms with Gasteiger partial charge in [0, 0.05) is 32.9 Å². The van der Waals surface area contributed by atoms with E-state index in [1.165, 1.54) is 22.9 Å². The summed E-state index contributed by atoms with van der Waals surface area (Å²) < 4.78 is 1.37. The number of rotatable bonds is 2. The van der Waals surface area contributed by atoms with Crippen molar-refractivity contribution in [2.24, 2.45) is 7.05 Å². The average Bonchev–Trinajstić information content (AvgIpc) is 2.48. The van der Waals surface area contributed by atoms with E-state index in [9.17, 15) is 14.4 Å². The van der Waals surface area contributed by atoms with Crippen LogP contribution in [0.5, 0.6) is 0 Å². The van der Waals surface area contributed by atoms with Crippen molar-refractivity contribution in [3.8, 4) is 0 Å². The molecule has 0 bridgehead atoms. The fraction of sp³-hybridized carbons (Fsp3) is 0.500. The van der Waals surface area contributed by atoms with Gasteiger partial charge in [0.15, 0.2) is 0 Å². The number of likely N-dealkylation sites (tertiary alicyclic amines) is 1. The molecule has 0 aliphatic carbocycles. The first-order chi connectivity index (χ1) is 9.54. The maximum absolute atomic E-state index is 12.5. The monoisotopic (exact) mass is 277 g/mol. The summed E-state index contributed by atoms with van der Waals surface area (Å²) in [5.74, 6) is -0.336. The van der Waals surface area contributed by atoms with E-state index in [-0.39, 0.29) is 17.4 Å². The second-order valence-corrected chi connectivity index (χ2v) is 4.99. The third-order valence-electron chi connectivity index (χ3n) is 3.65. The molecule has 108 valence electrons. The Hall–Kier alpha value is -2.11. The van der Waals surface area contributed by atoms with Crippen LogP contribution in [0.15, 0.2) is 23.1 Å². The fourth-order valence-electron chi connectivity index (χ4n) is 2.50. The van der Waals surface area contributed by atoms with Gasteiger partial charge in [-0.15, -0.1) is 0 Å². The van der Waals surface area contributed by atoms with E-state index >= 15 is 0 Å². The molecular formula is C14H19N3O3. The number of aryl methyl sites for hydroxylation is 1. The van der Waals surface area contributed by atoms with Gasteiger partial charge in [-0.1, -0.05) is 0 Å². The van der Waals surface area contributed by atoms with Gasteiger partial charge in [-0.2, -0.15) is 0 Å². The molecule has 1 aliphatic rings. The Morgan fingerprint density at radius 3 is 2.70 bits per heavy atom. The van der Waals surface area contributed by atoms with Crippen molar-refractivity contribution >= 4 is 11.8 Å². The number of aromatic nitrogens is 1. The molecule has 0 saturated carbocycles. The minimum Gasteiger partial charge on any atom is -0.357 e. The van der Waals surface area contributed by atoms with Crippen molar-refractivity contribution in [3.63, 3.8) is 0 Å². The minimum atomic E-state index is -0.418. The number of likely N-dealkylation sites (N-methyl/N-ethyl adjacent to an activating group) is 1. The third-order valence-corrected chi connectivity index (χ3v) is 3.65. The molecule has 2 heterocycles. The van der Waals surface area contributed by atoms with Gasteiger partial charge in [-0.25, -0.2) is 0 Å². The fourth-order valence-corrected chi connectivity index (χ4v) is 2.50. The minimum absolute atomic E-state index is 0.136. The van der Waals surface area contributed by atoms with Gasteiger partial charge in [-0.3, -0.25) is 14.4 Å². The molecule has 20 heavy (non-hydrogen) atoms. The highest BCUT2D eigenvalue weighted by Crippen LogP contribution is 2.19. The summed E-state index contributed by atoms with van der Waals surface area (Å²) in [5.41, 5.74) is 0.269. The van der Waals surface area contributed by atoms with Crippen molar-refractivity contribution in [2.75, 3.05) is 13.6 Å². The van der Waals surface area contributed by atoms with Crippen molar-refractivity contribution in [1.29, 1.82) is 0 Å². The van der Waals surface area contributed by atoms with Crippen molar-refractivity contribution in [3.05, 3.63) is 34.2 Å². The lowest BCUT2D eigenvalue weighted by atomic mass is 10.0. The van der Waals surface area contributed by atoms with Gasteiger partial charge >= 0.3 is 0 Å². The van der Waals surface area contributed by atoms with Gasteiger partial charge in [0.25, 0.3) is 5.91 Å². The number of hydrogen-bond donors (Lipinski definition) is 1. The number of carbonyl (C=O) groups is 2. The Morgan fingerprint density at radius 1 is 1.30 bits per heavy atom. The molecular weight excluding hydrogens is 258 g/mol. The molecule has 1 atom stereocenters. The van der Waals surface area contributed by atoms with Crippen LogP contribution in [0.4, 0.5) is 0 Å². The molecule has 0 aromatic carbocycles. The van der Waals surface area contributed by atoms with Crippen LogP contribution in [0.2, 0.25) is 0 Å². The van der Waals surface area contributed by atoms with Gasteiger partial charge in [0.2, 0.25) is 11.5 Å². The van der Waals surface area contributed by atoms with Crippen LogP contribution in [-0.2, 0) is 11.8 Å². The molecule has 6 nitrogen and oxygen atoms in total. The van der Waals surface area contributed by atoms with Crippen LogP contribution < -0.4 is 10.9 Å². The van der Waals surface area contributed by atoms with Crippen LogP contribution in [0.25, 0.3) is 0 Å². The molecule has 6 heteroatoms. The van der Waals surface area contributed by atoms with E-state index in [1.807, 2.05) is 0 Å². The van der Waals surface area contributed by atoms with E-state index in [0.29, 0.717) is 18.5 Å². The molecule has 1 unspecified atom stereocenters. The lowest BCUT2D eigenvalue weighted by Gasteiger charge is -2.34. The molecule has 1 aromatic rings. The van der Waals surface area contributed by atoms with E-state index in [2.05, 4.69) is 5.32 Å². The zero-order valence-electron chi connectivity index (χ0n) is 11.8. The Balaban J connectivity index is 2.27. The number of nitrogens with zero attached hydrogens (tertiary/aromatic N) is 2. The SMILES string of the molecule is CNC(=O)C1CCCCN1C(=O)c1ccc(=O)n(C)c1. The Bertz CT molecular complexity index is 579. The zero-order valence-corrected chi connectivity index (χ0v) is 11.8. The predicted molar refractivity (Wildman–Crippen MR) is 74.4 cm³/mol. The molecule has 1 N–H and O–H groups in total. The van der Waals surface area contributed by atoms with Crippen LogP contribution in [0.1, 0.15) is 29.6 Å². The van der Waals surface area contributed by atoms with Crippen LogP contribution in [-0.4, -0.2) is 40.9 Å². The van der Waals surface area contributed by atoms with Crippen LogP contribution in [0.3, 0.4) is 0 Å². The van der Waals surface area contributed by atoms with E-state index in [1.54, 1.807) is 19.0 Å². The standard InChI is InChI=1S/C14H19N3O3/c1-15-13(19)11-5-3-4-8-17(11)14(20)10-6-7-12(18)16(2)9-10/h6-7,9,11H,3-5,8H2,1-2H3,(H,15,19). The molecule has 1 aromatic heterocycles. The highest BCUT2D eigenvalue weighted by Gasteiger charge is 2.32. The first kappa shape index (κ1) is 14.3. The van der Waals surface area contributed by atoms with Crippen molar-refractivity contribution < 1.29 is 9.59 Å². The Kier molecular flexibility index (Phi) is 4.22. The van der Waals surface area contributed by atoms with Gasteiger partial charge in [0.1, 0.15) is 6.04 Å². The summed E-state index contributed by atoms with van der Waals surface area (Å²) in [4.78, 5) is 37.4. The predicted octanol–water partition coefficient (Wildman–Crippen LogP) is 0.126. The number of piperidine rings is 1. The number of pyridine rings is 1. The smallest absolute Gasteiger partial charge is 0.256 e. The summed E-state index contributed by atoms with van der Waals surface area (Å²) in [6.07, 6.45) is 4.03. The largest absolute Gasteiger partial charge is 0.357 e. The maximum atomic E-state index is 12.5. The molecule has 1 saturated heterocycles. The lowest BCUT2D eigenvalue weighted by molar-refractivity contribution is -0.126. The van der Waals surface area contributed by atoms with Crippen LogP contribution >= 0.6 is 0 Å². The number of carbonyl (C=O) groups excluding carboxylic acids is 2. The van der Waals surface area contributed by atoms with Crippen LogP contribution in [0, 0.1) is 0 Å².